The minimum absolute atomic E-state index is 0.0588. The third-order valence-electron chi connectivity index (χ3n) is 3.60. The number of piperidine rings is 1. The van der Waals surface area contributed by atoms with Crippen LogP contribution in [0.25, 0.3) is 0 Å². The fourth-order valence-electron chi connectivity index (χ4n) is 2.15. The molecule has 0 aromatic carbocycles. The van der Waals surface area contributed by atoms with Gasteiger partial charge in [0.25, 0.3) is 0 Å². The van der Waals surface area contributed by atoms with Crippen molar-refractivity contribution in [2.75, 3.05) is 33.2 Å². The molecular weight excluding hydrogens is 244 g/mol. The Morgan fingerprint density at radius 3 is 2.53 bits per heavy atom. The average Bonchev–Trinajstić information content (AvgIpc) is 2.39. The van der Waals surface area contributed by atoms with Crippen LogP contribution in [0.4, 0.5) is 0 Å². The summed E-state index contributed by atoms with van der Waals surface area (Å²) in [5, 5.41) is 2.75. The van der Waals surface area contributed by atoms with Gasteiger partial charge < -0.3 is 16.0 Å². The maximum absolute atomic E-state index is 11.9. The first-order valence-electron chi connectivity index (χ1n) is 6.96. The molecule has 0 aliphatic carbocycles. The second kappa shape index (κ2) is 7.45. The number of hydrogen-bond acceptors (Lipinski definition) is 4. The van der Waals surface area contributed by atoms with E-state index in [0.717, 1.165) is 25.9 Å². The number of nitrogens with one attached hydrogen (secondary N) is 1. The fraction of sp³-hybridized carbons (Fsp3) is 0.846. The van der Waals surface area contributed by atoms with Crippen molar-refractivity contribution in [3.63, 3.8) is 0 Å². The maximum atomic E-state index is 11.9. The Kier molecular flexibility index (Phi) is 6.24. The summed E-state index contributed by atoms with van der Waals surface area (Å²) in [5.41, 5.74) is 5.82. The van der Waals surface area contributed by atoms with Crippen molar-refractivity contribution in [2.45, 2.75) is 38.8 Å². The highest BCUT2D eigenvalue weighted by molar-refractivity contribution is 5.87. The fourth-order valence-corrected chi connectivity index (χ4v) is 2.15. The first kappa shape index (κ1) is 15.9. The summed E-state index contributed by atoms with van der Waals surface area (Å²) in [6.07, 6.45) is 1.86. The Hall–Kier alpha value is -1.14. The molecule has 1 heterocycles. The molecule has 0 aromatic heterocycles. The summed E-state index contributed by atoms with van der Waals surface area (Å²) in [6.45, 7) is 6.32. The highest BCUT2D eigenvalue weighted by atomic mass is 16.2. The molecule has 1 fully saturated rings. The van der Waals surface area contributed by atoms with Crippen LogP contribution in [0.15, 0.2) is 0 Å². The van der Waals surface area contributed by atoms with E-state index in [2.05, 4.69) is 10.2 Å². The van der Waals surface area contributed by atoms with Crippen LogP contribution in [-0.2, 0) is 9.59 Å². The van der Waals surface area contributed by atoms with E-state index in [1.807, 2.05) is 6.92 Å². The molecule has 1 unspecified atom stereocenters. The second-order valence-electron chi connectivity index (χ2n) is 5.26. The van der Waals surface area contributed by atoms with Gasteiger partial charge in [0.2, 0.25) is 11.8 Å². The van der Waals surface area contributed by atoms with Gasteiger partial charge in [-0.3, -0.25) is 14.5 Å². The third-order valence-corrected chi connectivity index (χ3v) is 3.60. The van der Waals surface area contributed by atoms with Crippen LogP contribution in [0.1, 0.15) is 26.7 Å². The van der Waals surface area contributed by atoms with Gasteiger partial charge in [0.15, 0.2) is 0 Å². The van der Waals surface area contributed by atoms with Gasteiger partial charge in [-0.2, -0.15) is 0 Å². The summed E-state index contributed by atoms with van der Waals surface area (Å²) < 4.78 is 0. The molecule has 19 heavy (non-hydrogen) atoms. The van der Waals surface area contributed by atoms with E-state index in [4.69, 9.17) is 5.73 Å². The molecule has 1 aliphatic heterocycles. The summed E-state index contributed by atoms with van der Waals surface area (Å²) >= 11 is 0. The minimum atomic E-state index is -0.468. The van der Waals surface area contributed by atoms with Crippen LogP contribution in [-0.4, -0.2) is 66.9 Å². The van der Waals surface area contributed by atoms with E-state index in [-0.39, 0.29) is 17.9 Å². The Labute approximate surface area is 115 Å². The SMILES string of the molecule is CCN(C)C(=O)C(C)NC(=O)CN1CCC(N)CC1. The molecule has 0 bridgehead atoms. The second-order valence-corrected chi connectivity index (χ2v) is 5.26. The van der Waals surface area contributed by atoms with Crippen LogP contribution >= 0.6 is 0 Å². The first-order chi connectivity index (χ1) is 8.93. The van der Waals surface area contributed by atoms with Gasteiger partial charge in [-0.25, -0.2) is 0 Å². The van der Waals surface area contributed by atoms with Gasteiger partial charge >= 0.3 is 0 Å². The van der Waals surface area contributed by atoms with Gasteiger partial charge in [0, 0.05) is 32.7 Å². The van der Waals surface area contributed by atoms with E-state index >= 15 is 0 Å². The molecule has 2 amide bonds. The molecule has 6 nitrogen and oxygen atoms in total. The van der Waals surface area contributed by atoms with E-state index in [9.17, 15) is 9.59 Å². The van der Waals surface area contributed by atoms with Crippen molar-refractivity contribution in [1.82, 2.24) is 15.1 Å². The number of nitrogens with two attached hydrogens (primary N) is 1. The van der Waals surface area contributed by atoms with Crippen LogP contribution in [0.5, 0.6) is 0 Å². The Morgan fingerprint density at radius 1 is 1.42 bits per heavy atom. The summed E-state index contributed by atoms with van der Waals surface area (Å²) in [6, 6.07) is -0.206. The lowest BCUT2D eigenvalue weighted by Crippen LogP contribution is -2.50. The zero-order valence-electron chi connectivity index (χ0n) is 12.2. The quantitative estimate of drug-likeness (QED) is 0.699. The van der Waals surface area contributed by atoms with E-state index in [1.54, 1.807) is 18.9 Å². The summed E-state index contributed by atoms with van der Waals surface area (Å²) in [4.78, 5) is 27.4. The average molecular weight is 270 g/mol. The lowest BCUT2D eigenvalue weighted by molar-refractivity contribution is -0.135. The standard InChI is InChI=1S/C13H26N4O2/c1-4-16(3)13(19)10(2)15-12(18)9-17-7-5-11(14)6-8-17/h10-11H,4-9,14H2,1-3H3,(H,15,18). The molecule has 110 valence electrons. The monoisotopic (exact) mass is 270 g/mol. The van der Waals surface area contributed by atoms with Crippen molar-refractivity contribution in [2.24, 2.45) is 5.73 Å². The number of likely N-dealkylation sites (N-methyl/N-ethyl adjacent to an activating group) is 1. The predicted molar refractivity (Wildman–Crippen MR) is 74.6 cm³/mol. The minimum Gasteiger partial charge on any atom is -0.344 e. The number of carbonyl (C=O) groups is 2. The molecule has 0 saturated carbocycles. The Balaban J connectivity index is 2.32. The van der Waals surface area contributed by atoms with Gasteiger partial charge in [0.05, 0.1) is 6.54 Å². The Morgan fingerprint density at radius 2 is 2.00 bits per heavy atom. The third kappa shape index (κ3) is 5.16. The normalized spacial score (nSPS) is 18.9. The van der Waals surface area contributed by atoms with Crippen molar-refractivity contribution in [3.8, 4) is 0 Å². The lowest BCUT2D eigenvalue weighted by Gasteiger charge is -2.30. The van der Waals surface area contributed by atoms with E-state index in [1.165, 1.54) is 0 Å². The largest absolute Gasteiger partial charge is 0.344 e. The zero-order valence-corrected chi connectivity index (χ0v) is 12.2. The predicted octanol–water partition coefficient (Wildman–Crippen LogP) is -0.607. The highest BCUT2D eigenvalue weighted by Gasteiger charge is 2.21. The maximum Gasteiger partial charge on any atom is 0.244 e. The molecule has 6 heteroatoms. The van der Waals surface area contributed by atoms with Crippen molar-refractivity contribution >= 4 is 11.8 Å². The van der Waals surface area contributed by atoms with Crippen LogP contribution in [0.2, 0.25) is 0 Å². The first-order valence-corrected chi connectivity index (χ1v) is 6.96. The molecule has 1 aliphatic rings. The molecule has 0 spiro atoms. The van der Waals surface area contributed by atoms with Crippen molar-refractivity contribution in [3.05, 3.63) is 0 Å². The van der Waals surface area contributed by atoms with Crippen molar-refractivity contribution < 1.29 is 9.59 Å². The molecule has 1 saturated heterocycles. The van der Waals surface area contributed by atoms with Crippen LogP contribution in [0, 0.1) is 0 Å². The van der Waals surface area contributed by atoms with Gasteiger partial charge in [0.1, 0.15) is 6.04 Å². The van der Waals surface area contributed by atoms with Gasteiger partial charge in [-0.05, 0) is 26.7 Å². The summed E-state index contributed by atoms with van der Waals surface area (Å²) in [5.74, 6) is -0.155. The van der Waals surface area contributed by atoms with E-state index in [0.29, 0.717) is 13.1 Å². The van der Waals surface area contributed by atoms with Crippen LogP contribution in [0.3, 0.4) is 0 Å². The molecule has 1 rings (SSSR count). The van der Waals surface area contributed by atoms with Crippen molar-refractivity contribution in [1.29, 1.82) is 0 Å². The zero-order chi connectivity index (χ0) is 14.4. The van der Waals surface area contributed by atoms with E-state index < -0.39 is 6.04 Å². The number of likely N-dealkylation sites (tertiary alicyclic amines) is 1. The lowest BCUT2D eigenvalue weighted by atomic mass is 10.1. The molecule has 1 atom stereocenters. The number of carbonyl (C=O) groups excluding carboxylic acids is 2. The number of nitrogens with zero attached hydrogens (tertiary/aromatic N) is 2. The van der Waals surface area contributed by atoms with Gasteiger partial charge in [-0.15, -0.1) is 0 Å². The number of hydrogen-bond donors (Lipinski definition) is 2. The molecule has 0 aromatic rings. The summed E-state index contributed by atoms with van der Waals surface area (Å²) in [7, 11) is 1.73. The molecule has 3 N–H and O–H groups in total. The topological polar surface area (TPSA) is 78.7 Å². The smallest absolute Gasteiger partial charge is 0.244 e. The highest BCUT2D eigenvalue weighted by Crippen LogP contribution is 2.07. The number of amides is 2. The van der Waals surface area contributed by atoms with Gasteiger partial charge in [-0.1, -0.05) is 0 Å². The number of rotatable bonds is 5. The Bertz CT molecular complexity index is 314. The van der Waals surface area contributed by atoms with Crippen LogP contribution < -0.4 is 11.1 Å². The molecule has 0 radical (unpaired) electrons. The molecular formula is C13H26N4O2.